The maximum Gasteiger partial charge on any atom is 0.416 e. The summed E-state index contributed by atoms with van der Waals surface area (Å²) in [6.45, 7) is 12.4. The molecule has 0 spiro atoms. The largest absolute Gasteiger partial charge is 0.489 e. The molecule has 1 aliphatic carbocycles. The predicted octanol–water partition coefficient (Wildman–Crippen LogP) is 8.50. The highest BCUT2D eigenvalue weighted by Crippen LogP contribution is 2.42. The molecule has 48 heavy (non-hydrogen) atoms. The molecule has 0 saturated heterocycles. The average molecular weight is 675 g/mol. The van der Waals surface area contributed by atoms with Crippen LogP contribution in [0.2, 0.25) is 0 Å². The number of carbonyl (C=O) groups excluding carboxylic acids is 3. The standard InChI is InChI=1S/C37H49F3N2O6/c1-23-26-18-19-42(32(43)21-30(33(44)47-35(2,3)4)41(8)34(45)48-36(5,6)7)29(26)16-17-31(23)46-22-24-14-15-27(25-12-10-9-11-13-25)28(20-24)37(38,39)40/h14-17,20,25,30H,9-13,18-19,21-22H2,1-8H3. The normalized spacial score (nSPS) is 16.3. The van der Waals surface area contributed by atoms with Crippen LogP contribution in [0.3, 0.4) is 0 Å². The number of halogens is 3. The first-order valence-electron chi connectivity index (χ1n) is 16.7. The molecule has 1 heterocycles. The molecule has 0 N–H and O–H groups in total. The molecule has 1 aliphatic heterocycles. The fourth-order valence-corrected chi connectivity index (χ4v) is 6.40. The van der Waals surface area contributed by atoms with Crippen molar-refractivity contribution in [2.24, 2.45) is 0 Å². The zero-order chi connectivity index (χ0) is 35.6. The van der Waals surface area contributed by atoms with Crippen molar-refractivity contribution in [2.45, 2.75) is 129 Å². The van der Waals surface area contributed by atoms with Crippen molar-refractivity contribution in [3.8, 4) is 5.75 Å². The Kier molecular flexibility index (Phi) is 11.1. The summed E-state index contributed by atoms with van der Waals surface area (Å²) in [5, 5.41) is 0. The molecule has 11 heteroatoms. The van der Waals surface area contributed by atoms with E-state index in [9.17, 15) is 27.6 Å². The minimum absolute atomic E-state index is 0.0368. The van der Waals surface area contributed by atoms with E-state index in [1.54, 1.807) is 70.7 Å². The Balaban J connectivity index is 1.50. The lowest BCUT2D eigenvalue weighted by molar-refractivity contribution is -0.161. The van der Waals surface area contributed by atoms with Crippen molar-refractivity contribution in [2.75, 3.05) is 18.5 Å². The van der Waals surface area contributed by atoms with Crippen LogP contribution < -0.4 is 9.64 Å². The molecule has 4 rings (SSSR count). The van der Waals surface area contributed by atoms with E-state index in [2.05, 4.69) is 0 Å². The minimum Gasteiger partial charge on any atom is -0.489 e. The number of anilines is 1. The summed E-state index contributed by atoms with van der Waals surface area (Å²) in [4.78, 5) is 42.4. The molecule has 1 unspecified atom stereocenters. The van der Waals surface area contributed by atoms with Crippen molar-refractivity contribution in [1.82, 2.24) is 4.90 Å². The lowest BCUT2D eigenvalue weighted by atomic mass is 9.81. The second-order valence-corrected chi connectivity index (χ2v) is 14.9. The van der Waals surface area contributed by atoms with Gasteiger partial charge in [-0.25, -0.2) is 9.59 Å². The molecule has 1 fully saturated rings. The van der Waals surface area contributed by atoms with E-state index in [0.717, 1.165) is 48.1 Å². The highest BCUT2D eigenvalue weighted by molar-refractivity contribution is 5.99. The Morgan fingerprint density at radius 2 is 1.58 bits per heavy atom. The molecule has 1 atom stereocenters. The van der Waals surface area contributed by atoms with Crippen molar-refractivity contribution in [3.05, 3.63) is 58.1 Å². The topological polar surface area (TPSA) is 85.4 Å². The van der Waals surface area contributed by atoms with Gasteiger partial charge >= 0.3 is 18.2 Å². The van der Waals surface area contributed by atoms with E-state index in [-0.39, 0.29) is 24.9 Å². The molecule has 1 saturated carbocycles. The highest BCUT2D eigenvalue weighted by atomic mass is 19.4. The number of amides is 2. The van der Waals surface area contributed by atoms with Crippen LogP contribution in [0.1, 0.15) is 114 Å². The van der Waals surface area contributed by atoms with Crippen LogP contribution in [0.4, 0.5) is 23.7 Å². The van der Waals surface area contributed by atoms with Crippen LogP contribution in [-0.2, 0) is 38.3 Å². The first-order valence-corrected chi connectivity index (χ1v) is 16.7. The summed E-state index contributed by atoms with van der Waals surface area (Å²) in [5.74, 6) is -0.647. The zero-order valence-corrected chi connectivity index (χ0v) is 29.4. The Morgan fingerprint density at radius 1 is 0.938 bits per heavy atom. The number of hydrogen-bond acceptors (Lipinski definition) is 6. The van der Waals surface area contributed by atoms with Crippen molar-refractivity contribution in [3.63, 3.8) is 0 Å². The summed E-state index contributed by atoms with van der Waals surface area (Å²) < 4.78 is 59.3. The van der Waals surface area contributed by atoms with Crippen molar-refractivity contribution >= 4 is 23.7 Å². The van der Waals surface area contributed by atoms with Gasteiger partial charge in [-0.15, -0.1) is 0 Å². The highest BCUT2D eigenvalue weighted by Gasteiger charge is 2.38. The third-order valence-corrected chi connectivity index (χ3v) is 8.76. The number of ether oxygens (including phenoxy) is 3. The number of esters is 1. The molecule has 2 amide bonds. The summed E-state index contributed by atoms with van der Waals surface area (Å²) in [5.41, 5.74) is 0.883. The van der Waals surface area contributed by atoms with Gasteiger partial charge in [-0.2, -0.15) is 13.2 Å². The smallest absolute Gasteiger partial charge is 0.416 e. The maximum atomic E-state index is 14.1. The van der Waals surface area contributed by atoms with Gasteiger partial charge in [0.05, 0.1) is 12.0 Å². The fraction of sp³-hybridized carbons (Fsp3) is 0.595. The van der Waals surface area contributed by atoms with E-state index in [1.807, 2.05) is 6.92 Å². The van der Waals surface area contributed by atoms with Crippen LogP contribution in [0.15, 0.2) is 30.3 Å². The van der Waals surface area contributed by atoms with E-state index in [4.69, 9.17) is 14.2 Å². The molecule has 0 bridgehead atoms. The second kappa shape index (κ2) is 14.4. The summed E-state index contributed by atoms with van der Waals surface area (Å²) in [6.07, 6.45) is -0.500. The molecule has 0 radical (unpaired) electrons. The van der Waals surface area contributed by atoms with E-state index in [0.29, 0.717) is 35.5 Å². The van der Waals surface area contributed by atoms with Crippen LogP contribution in [0.25, 0.3) is 0 Å². The number of carbonyl (C=O) groups is 3. The van der Waals surface area contributed by atoms with Gasteiger partial charge in [-0.05, 0) is 114 Å². The van der Waals surface area contributed by atoms with E-state index in [1.165, 1.54) is 13.1 Å². The Morgan fingerprint density at radius 3 is 2.19 bits per heavy atom. The van der Waals surface area contributed by atoms with Crippen LogP contribution in [0, 0.1) is 6.92 Å². The number of benzene rings is 2. The number of fused-ring (bicyclic) bond motifs is 1. The third kappa shape index (κ3) is 9.23. The fourth-order valence-electron chi connectivity index (χ4n) is 6.40. The predicted molar refractivity (Wildman–Crippen MR) is 177 cm³/mol. The molecule has 2 aromatic carbocycles. The number of rotatable bonds is 8. The van der Waals surface area contributed by atoms with Gasteiger partial charge in [0, 0.05) is 19.3 Å². The summed E-state index contributed by atoms with van der Waals surface area (Å²) in [7, 11) is 1.41. The summed E-state index contributed by atoms with van der Waals surface area (Å²) in [6, 6.07) is 6.78. The molecule has 8 nitrogen and oxygen atoms in total. The minimum atomic E-state index is -4.45. The Hall–Kier alpha value is -3.76. The van der Waals surface area contributed by atoms with E-state index < -0.39 is 41.0 Å². The van der Waals surface area contributed by atoms with Gasteiger partial charge in [0.15, 0.2) is 0 Å². The van der Waals surface area contributed by atoms with Gasteiger partial charge in [0.2, 0.25) is 5.91 Å². The number of hydrogen-bond donors (Lipinski definition) is 0. The van der Waals surface area contributed by atoms with Crippen LogP contribution >= 0.6 is 0 Å². The lowest BCUT2D eigenvalue weighted by Crippen LogP contribution is -2.49. The number of likely N-dealkylation sites (N-methyl/N-ethyl adjacent to an activating group) is 1. The van der Waals surface area contributed by atoms with Crippen LogP contribution in [0.5, 0.6) is 5.75 Å². The zero-order valence-electron chi connectivity index (χ0n) is 29.4. The quantitative estimate of drug-likeness (QED) is 0.261. The average Bonchev–Trinajstić information content (AvgIpc) is 3.42. The van der Waals surface area contributed by atoms with Gasteiger partial charge in [-0.3, -0.25) is 9.69 Å². The SMILES string of the molecule is Cc1c(OCc2ccc(C3CCCCC3)c(C(F)(F)F)c2)ccc2c1CCN2C(=O)CC(C(=O)OC(C)(C)C)N(C)C(=O)OC(C)(C)C. The van der Waals surface area contributed by atoms with Gasteiger partial charge in [0.25, 0.3) is 0 Å². The van der Waals surface area contributed by atoms with E-state index >= 15 is 0 Å². The van der Waals surface area contributed by atoms with Gasteiger partial charge in [0.1, 0.15) is 29.6 Å². The first kappa shape index (κ1) is 37.1. The molecule has 2 aromatic rings. The first-order chi connectivity index (χ1) is 22.2. The van der Waals surface area contributed by atoms with Crippen LogP contribution in [-0.4, -0.2) is 53.7 Å². The summed E-state index contributed by atoms with van der Waals surface area (Å²) >= 11 is 0. The second-order valence-electron chi connectivity index (χ2n) is 14.9. The van der Waals surface area contributed by atoms with Gasteiger partial charge in [-0.1, -0.05) is 31.4 Å². The molecular weight excluding hydrogens is 625 g/mol. The third-order valence-electron chi connectivity index (χ3n) is 8.76. The lowest BCUT2D eigenvalue weighted by Gasteiger charge is -2.32. The monoisotopic (exact) mass is 674 g/mol. The molecular formula is C37H49F3N2O6. The van der Waals surface area contributed by atoms with Crippen molar-refractivity contribution < 1.29 is 41.8 Å². The number of nitrogens with zero attached hydrogens (tertiary/aromatic N) is 2. The molecule has 0 aromatic heterocycles. The number of alkyl halides is 3. The van der Waals surface area contributed by atoms with Gasteiger partial charge < -0.3 is 19.1 Å². The Bertz CT molecular complexity index is 1500. The van der Waals surface area contributed by atoms with Crippen molar-refractivity contribution in [1.29, 1.82) is 0 Å². The molecule has 2 aliphatic rings. The molecule has 264 valence electrons. The maximum absolute atomic E-state index is 14.1. The Labute approximate surface area is 281 Å².